The third-order valence-electron chi connectivity index (χ3n) is 4.02. The SMILES string of the molecule is COc1ccc(CN(C)C(=O)CCc2nc3ccccc3[nH]2)cc1. The van der Waals surface area contributed by atoms with Crippen LogP contribution in [-0.4, -0.2) is 34.9 Å². The number of rotatable bonds is 6. The minimum Gasteiger partial charge on any atom is -0.497 e. The van der Waals surface area contributed by atoms with Crippen LogP contribution in [0.15, 0.2) is 48.5 Å². The number of imidazole rings is 1. The number of benzene rings is 2. The molecule has 0 atom stereocenters. The van der Waals surface area contributed by atoms with E-state index in [2.05, 4.69) is 9.97 Å². The zero-order valence-electron chi connectivity index (χ0n) is 14.0. The van der Waals surface area contributed by atoms with Crippen molar-refractivity contribution in [3.05, 3.63) is 59.9 Å². The molecular weight excluding hydrogens is 302 g/mol. The van der Waals surface area contributed by atoms with E-state index in [9.17, 15) is 4.79 Å². The summed E-state index contributed by atoms with van der Waals surface area (Å²) in [5.41, 5.74) is 3.02. The summed E-state index contributed by atoms with van der Waals surface area (Å²) in [6, 6.07) is 15.6. The van der Waals surface area contributed by atoms with E-state index in [1.807, 2.05) is 55.6 Å². The summed E-state index contributed by atoms with van der Waals surface area (Å²) < 4.78 is 5.14. The van der Waals surface area contributed by atoms with Crippen LogP contribution >= 0.6 is 0 Å². The lowest BCUT2D eigenvalue weighted by atomic mass is 10.2. The molecule has 1 aromatic heterocycles. The number of ether oxygens (including phenoxy) is 1. The molecule has 3 aromatic rings. The second kappa shape index (κ2) is 7.17. The molecule has 5 heteroatoms. The summed E-state index contributed by atoms with van der Waals surface area (Å²) in [6.45, 7) is 0.586. The van der Waals surface area contributed by atoms with Crippen LogP contribution in [0.4, 0.5) is 0 Å². The molecule has 3 rings (SSSR count). The molecule has 0 fully saturated rings. The van der Waals surface area contributed by atoms with Gasteiger partial charge in [-0.1, -0.05) is 24.3 Å². The summed E-state index contributed by atoms with van der Waals surface area (Å²) in [5, 5.41) is 0. The van der Waals surface area contributed by atoms with Crippen molar-refractivity contribution in [3.8, 4) is 5.75 Å². The van der Waals surface area contributed by atoms with Gasteiger partial charge in [-0.05, 0) is 29.8 Å². The van der Waals surface area contributed by atoms with Crippen molar-refractivity contribution in [3.63, 3.8) is 0 Å². The van der Waals surface area contributed by atoms with E-state index in [0.717, 1.165) is 28.2 Å². The van der Waals surface area contributed by atoms with E-state index in [0.29, 0.717) is 19.4 Å². The Labute approximate surface area is 141 Å². The smallest absolute Gasteiger partial charge is 0.223 e. The Morgan fingerprint density at radius 1 is 1.17 bits per heavy atom. The first-order chi connectivity index (χ1) is 11.7. The summed E-state index contributed by atoms with van der Waals surface area (Å²) >= 11 is 0. The van der Waals surface area contributed by atoms with Crippen LogP contribution in [0.3, 0.4) is 0 Å². The molecule has 0 spiro atoms. The van der Waals surface area contributed by atoms with E-state index in [1.165, 1.54) is 0 Å². The fourth-order valence-corrected chi connectivity index (χ4v) is 2.63. The fraction of sp³-hybridized carbons (Fsp3) is 0.263. The first-order valence-electron chi connectivity index (χ1n) is 7.96. The molecule has 0 bridgehead atoms. The van der Waals surface area contributed by atoms with Crippen LogP contribution < -0.4 is 4.74 Å². The monoisotopic (exact) mass is 323 g/mol. The van der Waals surface area contributed by atoms with E-state index >= 15 is 0 Å². The number of fused-ring (bicyclic) bond motifs is 1. The Morgan fingerprint density at radius 3 is 2.62 bits per heavy atom. The number of aromatic amines is 1. The van der Waals surface area contributed by atoms with Gasteiger partial charge in [-0.2, -0.15) is 0 Å². The topological polar surface area (TPSA) is 58.2 Å². The Hall–Kier alpha value is -2.82. The third kappa shape index (κ3) is 3.74. The number of aryl methyl sites for hydroxylation is 1. The highest BCUT2D eigenvalue weighted by atomic mass is 16.5. The lowest BCUT2D eigenvalue weighted by Gasteiger charge is -2.17. The average Bonchev–Trinajstić information content (AvgIpc) is 3.03. The highest BCUT2D eigenvalue weighted by Crippen LogP contribution is 2.14. The van der Waals surface area contributed by atoms with Crippen LogP contribution in [0, 0.1) is 0 Å². The van der Waals surface area contributed by atoms with Crippen molar-refractivity contribution in [1.82, 2.24) is 14.9 Å². The maximum absolute atomic E-state index is 12.3. The number of carbonyl (C=O) groups is 1. The van der Waals surface area contributed by atoms with E-state index in [4.69, 9.17) is 4.74 Å². The number of methoxy groups -OCH3 is 1. The van der Waals surface area contributed by atoms with Gasteiger partial charge in [-0.15, -0.1) is 0 Å². The number of nitrogens with zero attached hydrogens (tertiary/aromatic N) is 2. The van der Waals surface area contributed by atoms with Gasteiger partial charge in [-0.3, -0.25) is 4.79 Å². The maximum atomic E-state index is 12.3. The lowest BCUT2D eigenvalue weighted by Crippen LogP contribution is -2.26. The molecule has 0 radical (unpaired) electrons. The number of aromatic nitrogens is 2. The Morgan fingerprint density at radius 2 is 1.92 bits per heavy atom. The van der Waals surface area contributed by atoms with Crippen molar-refractivity contribution < 1.29 is 9.53 Å². The van der Waals surface area contributed by atoms with Crippen molar-refractivity contribution in [2.45, 2.75) is 19.4 Å². The number of hydrogen-bond acceptors (Lipinski definition) is 3. The van der Waals surface area contributed by atoms with Gasteiger partial charge in [0, 0.05) is 26.4 Å². The fourth-order valence-electron chi connectivity index (χ4n) is 2.63. The first-order valence-corrected chi connectivity index (χ1v) is 7.96. The Kier molecular flexibility index (Phi) is 4.79. The number of H-pyrrole nitrogens is 1. The van der Waals surface area contributed by atoms with Gasteiger partial charge in [0.25, 0.3) is 0 Å². The molecule has 24 heavy (non-hydrogen) atoms. The molecule has 0 aliphatic rings. The summed E-state index contributed by atoms with van der Waals surface area (Å²) in [7, 11) is 3.47. The van der Waals surface area contributed by atoms with Crippen LogP contribution in [0.5, 0.6) is 5.75 Å². The quantitative estimate of drug-likeness (QED) is 0.758. The molecule has 0 saturated heterocycles. The summed E-state index contributed by atoms with van der Waals surface area (Å²) in [6.07, 6.45) is 1.05. The van der Waals surface area contributed by atoms with Gasteiger partial charge < -0.3 is 14.6 Å². The summed E-state index contributed by atoms with van der Waals surface area (Å²) in [5.74, 6) is 1.77. The van der Waals surface area contributed by atoms with E-state index in [1.54, 1.807) is 12.0 Å². The molecule has 0 aliphatic carbocycles. The number of hydrogen-bond donors (Lipinski definition) is 1. The second-order valence-electron chi connectivity index (χ2n) is 5.80. The molecule has 0 saturated carbocycles. The van der Waals surface area contributed by atoms with Gasteiger partial charge >= 0.3 is 0 Å². The first kappa shape index (κ1) is 16.1. The highest BCUT2D eigenvalue weighted by Gasteiger charge is 2.11. The van der Waals surface area contributed by atoms with Crippen LogP contribution in [0.25, 0.3) is 11.0 Å². The Balaban J connectivity index is 1.55. The molecule has 0 unspecified atom stereocenters. The molecule has 0 aliphatic heterocycles. The predicted octanol–water partition coefficient (Wildman–Crippen LogP) is 3.16. The van der Waals surface area contributed by atoms with E-state index in [-0.39, 0.29) is 5.91 Å². The largest absolute Gasteiger partial charge is 0.497 e. The number of nitrogens with one attached hydrogen (secondary N) is 1. The lowest BCUT2D eigenvalue weighted by molar-refractivity contribution is -0.130. The molecular formula is C19H21N3O2. The standard InChI is InChI=1S/C19H21N3O2/c1-22(13-14-7-9-15(24-2)10-8-14)19(23)12-11-18-20-16-5-3-4-6-17(16)21-18/h3-10H,11-13H2,1-2H3,(H,20,21). The zero-order valence-corrected chi connectivity index (χ0v) is 14.0. The van der Waals surface area contributed by atoms with Crippen molar-refractivity contribution in [2.24, 2.45) is 0 Å². The second-order valence-corrected chi connectivity index (χ2v) is 5.80. The maximum Gasteiger partial charge on any atom is 0.223 e. The average molecular weight is 323 g/mol. The van der Waals surface area contributed by atoms with Gasteiger partial charge in [0.15, 0.2) is 0 Å². The number of carbonyl (C=O) groups excluding carboxylic acids is 1. The van der Waals surface area contributed by atoms with Crippen molar-refractivity contribution in [2.75, 3.05) is 14.2 Å². The molecule has 124 valence electrons. The van der Waals surface area contributed by atoms with Gasteiger partial charge in [0.1, 0.15) is 11.6 Å². The molecule has 5 nitrogen and oxygen atoms in total. The van der Waals surface area contributed by atoms with Crippen molar-refractivity contribution in [1.29, 1.82) is 0 Å². The minimum atomic E-state index is 0.103. The van der Waals surface area contributed by atoms with Gasteiger partial charge in [-0.25, -0.2) is 4.98 Å². The Bertz CT molecular complexity index is 791. The number of amides is 1. The van der Waals surface area contributed by atoms with Crippen LogP contribution in [0.1, 0.15) is 17.8 Å². The molecule has 1 amide bonds. The summed E-state index contributed by atoms with van der Waals surface area (Å²) in [4.78, 5) is 21.8. The molecule has 2 aromatic carbocycles. The van der Waals surface area contributed by atoms with Gasteiger partial charge in [0.05, 0.1) is 18.1 Å². The van der Waals surface area contributed by atoms with Crippen LogP contribution in [0.2, 0.25) is 0 Å². The molecule has 1 N–H and O–H groups in total. The molecule has 1 heterocycles. The number of para-hydroxylation sites is 2. The zero-order chi connectivity index (χ0) is 16.9. The minimum absolute atomic E-state index is 0.103. The third-order valence-corrected chi connectivity index (χ3v) is 4.02. The van der Waals surface area contributed by atoms with Crippen molar-refractivity contribution >= 4 is 16.9 Å². The normalized spacial score (nSPS) is 10.8. The highest BCUT2D eigenvalue weighted by molar-refractivity contribution is 5.77. The predicted molar refractivity (Wildman–Crippen MR) is 93.9 cm³/mol. The van der Waals surface area contributed by atoms with E-state index < -0.39 is 0 Å². The van der Waals surface area contributed by atoms with Gasteiger partial charge in [0.2, 0.25) is 5.91 Å². The van der Waals surface area contributed by atoms with Crippen LogP contribution in [-0.2, 0) is 17.8 Å².